The van der Waals surface area contributed by atoms with Crippen molar-refractivity contribution in [3.05, 3.63) is 35.4 Å². The Hall–Kier alpha value is -1.15. The molecule has 15 heavy (non-hydrogen) atoms. The number of benzene rings is 1. The molecule has 1 aromatic rings. The van der Waals surface area contributed by atoms with E-state index < -0.39 is 0 Å². The van der Waals surface area contributed by atoms with Crippen LogP contribution in [0.2, 0.25) is 0 Å². The van der Waals surface area contributed by atoms with Crippen LogP contribution in [-0.4, -0.2) is 17.9 Å². The van der Waals surface area contributed by atoms with Crippen molar-refractivity contribution in [3.63, 3.8) is 0 Å². The first-order valence-corrected chi connectivity index (χ1v) is 5.37. The molecule has 0 amide bonds. The number of ketones is 1. The number of nitrogens with one attached hydrogen (secondary N) is 1. The summed E-state index contributed by atoms with van der Waals surface area (Å²) in [4.78, 5) is 11.9. The second-order valence-electron chi connectivity index (χ2n) is 4.27. The molecule has 1 atom stereocenters. The van der Waals surface area contributed by atoms with Crippen LogP contribution < -0.4 is 5.32 Å². The smallest absolute Gasteiger partial charge is 0.179 e. The fourth-order valence-corrected chi connectivity index (χ4v) is 1.54. The van der Waals surface area contributed by atoms with E-state index >= 15 is 0 Å². The molecule has 0 spiro atoms. The van der Waals surface area contributed by atoms with E-state index in [1.165, 1.54) is 5.56 Å². The maximum Gasteiger partial charge on any atom is 0.179 e. The zero-order valence-corrected chi connectivity index (χ0v) is 9.87. The van der Waals surface area contributed by atoms with Gasteiger partial charge in [0.05, 0.1) is 6.04 Å². The predicted octanol–water partition coefficient (Wildman–Crippen LogP) is 2.56. The van der Waals surface area contributed by atoms with Crippen LogP contribution in [0.15, 0.2) is 24.3 Å². The lowest BCUT2D eigenvalue weighted by molar-refractivity contribution is 0.0946. The minimum Gasteiger partial charge on any atom is -0.305 e. The fraction of sp³-hybridized carbons (Fsp3) is 0.462. The zero-order valence-electron chi connectivity index (χ0n) is 9.87. The average Bonchev–Trinajstić information content (AvgIpc) is 2.17. The van der Waals surface area contributed by atoms with E-state index in [0.717, 1.165) is 5.56 Å². The summed E-state index contributed by atoms with van der Waals surface area (Å²) in [7, 11) is 0. The predicted molar refractivity (Wildman–Crippen MR) is 63.2 cm³/mol. The summed E-state index contributed by atoms with van der Waals surface area (Å²) >= 11 is 0. The van der Waals surface area contributed by atoms with Gasteiger partial charge in [-0.1, -0.05) is 43.7 Å². The van der Waals surface area contributed by atoms with Gasteiger partial charge < -0.3 is 5.32 Å². The first-order valence-electron chi connectivity index (χ1n) is 5.37. The Morgan fingerprint density at radius 1 is 1.13 bits per heavy atom. The van der Waals surface area contributed by atoms with Crippen LogP contribution in [0.25, 0.3) is 0 Å². The number of carbonyl (C=O) groups is 1. The topological polar surface area (TPSA) is 29.1 Å². The van der Waals surface area contributed by atoms with E-state index in [2.05, 4.69) is 5.32 Å². The molecule has 1 rings (SSSR count). The van der Waals surface area contributed by atoms with Gasteiger partial charge >= 0.3 is 0 Å². The number of carbonyl (C=O) groups excluding carboxylic acids is 1. The van der Waals surface area contributed by atoms with Gasteiger partial charge in [0.2, 0.25) is 0 Å². The molecule has 2 nitrogen and oxygen atoms in total. The first-order chi connectivity index (χ1) is 7.00. The Balaban J connectivity index is 2.72. The molecule has 1 aromatic carbocycles. The third-order valence-electron chi connectivity index (χ3n) is 2.31. The lowest BCUT2D eigenvalue weighted by Crippen LogP contribution is -2.38. The normalized spacial score (nSPS) is 12.9. The third-order valence-corrected chi connectivity index (χ3v) is 2.31. The van der Waals surface area contributed by atoms with Gasteiger partial charge in [-0.2, -0.15) is 0 Å². The highest BCUT2D eigenvalue weighted by molar-refractivity contribution is 5.99. The Kier molecular flexibility index (Phi) is 4.04. The van der Waals surface area contributed by atoms with Crippen molar-refractivity contribution in [3.8, 4) is 0 Å². The maximum absolute atomic E-state index is 11.9. The average molecular weight is 205 g/mol. The summed E-state index contributed by atoms with van der Waals surface area (Å²) in [5.74, 6) is 0.156. The van der Waals surface area contributed by atoms with Gasteiger partial charge in [-0.05, 0) is 13.8 Å². The number of hydrogen-bond acceptors (Lipinski definition) is 2. The highest BCUT2D eigenvalue weighted by Gasteiger charge is 2.14. The van der Waals surface area contributed by atoms with E-state index in [0.29, 0.717) is 6.04 Å². The van der Waals surface area contributed by atoms with Crippen molar-refractivity contribution >= 4 is 5.78 Å². The number of rotatable bonds is 4. The molecule has 1 N–H and O–H groups in total. The van der Waals surface area contributed by atoms with E-state index in [1.54, 1.807) is 0 Å². The Morgan fingerprint density at radius 2 is 1.67 bits per heavy atom. The van der Waals surface area contributed by atoms with E-state index in [-0.39, 0.29) is 11.8 Å². The molecule has 0 aliphatic rings. The van der Waals surface area contributed by atoms with Crippen LogP contribution in [0, 0.1) is 6.92 Å². The maximum atomic E-state index is 11.9. The summed E-state index contributed by atoms with van der Waals surface area (Å²) in [6.07, 6.45) is 0. The minimum atomic E-state index is -0.118. The molecule has 0 fully saturated rings. The van der Waals surface area contributed by atoms with Crippen molar-refractivity contribution in [1.82, 2.24) is 5.32 Å². The second-order valence-corrected chi connectivity index (χ2v) is 4.27. The van der Waals surface area contributed by atoms with Crippen molar-refractivity contribution < 1.29 is 4.79 Å². The van der Waals surface area contributed by atoms with Crippen molar-refractivity contribution in [2.75, 3.05) is 0 Å². The highest BCUT2D eigenvalue weighted by Crippen LogP contribution is 2.06. The molecule has 0 aromatic heterocycles. The van der Waals surface area contributed by atoms with Crippen LogP contribution >= 0.6 is 0 Å². The van der Waals surface area contributed by atoms with Gasteiger partial charge in [-0.15, -0.1) is 0 Å². The largest absolute Gasteiger partial charge is 0.305 e. The Morgan fingerprint density at radius 3 is 2.13 bits per heavy atom. The Bertz CT molecular complexity index is 327. The van der Waals surface area contributed by atoms with Crippen LogP contribution in [0.4, 0.5) is 0 Å². The first kappa shape index (κ1) is 11.9. The summed E-state index contributed by atoms with van der Waals surface area (Å²) in [5, 5.41) is 3.21. The molecule has 0 heterocycles. The second kappa shape index (κ2) is 5.08. The third kappa shape index (κ3) is 3.48. The van der Waals surface area contributed by atoms with Gasteiger partial charge in [0.15, 0.2) is 5.78 Å². The summed E-state index contributed by atoms with van der Waals surface area (Å²) in [6.45, 7) is 8.00. The van der Waals surface area contributed by atoms with Gasteiger partial charge in [-0.3, -0.25) is 4.79 Å². The van der Waals surface area contributed by atoms with Gasteiger partial charge in [0, 0.05) is 11.6 Å². The Labute approximate surface area is 91.7 Å². The molecule has 0 aliphatic heterocycles. The lowest BCUT2D eigenvalue weighted by Gasteiger charge is -2.15. The molecule has 0 aliphatic carbocycles. The van der Waals surface area contributed by atoms with Crippen molar-refractivity contribution in [2.45, 2.75) is 39.8 Å². The summed E-state index contributed by atoms with van der Waals surface area (Å²) < 4.78 is 0. The zero-order chi connectivity index (χ0) is 11.4. The van der Waals surface area contributed by atoms with Crippen molar-refractivity contribution in [1.29, 1.82) is 0 Å². The summed E-state index contributed by atoms with van der Waals surface area (Å²) in [5.41, 5.74) is 1.96. The molecule has 0 bridgehead atoms. The molecule has 2 heteroatoms. The monoisotopic (exact) mass is 205 g/mol. The number of Topliss-reactive ketones (excluding diaryl/α,β-unsaturated/α-hetero) is 1. The van der Waals surface area contributed by atoms with Gasteiger partial charge in [0.25, 0.3) is 0 Å². The van der Waals surface area contributed by atoms with Crippen LogP contribution in [-0.2, 0) is 0 Å². The molecule has 82 valence electrons. The van der Waals surface area contributed by atoms with E-state index in [9.17, 15) is 4.79 Å². The molecular weight excluding hydrogens is 186 g/mol. The SMILES string of the molecule is Cc1ccc(C(=O)[C@@H](C)NC(C)C)cc1. The van der Waals surface area contributed by atoms with Gasteiger partial charge in [-0.25, -0.2) is 0 Å². The highest BCUT2D eigenvalue weighted by atomic mass is 16.1. The number of hydrogen-bond donors (Lipinski definition) is 1. The summed E-state index contributed by atoms with van der Waals surface area (Å²) in [6, 6.07) is 7.92. The fourth-order valence-electron chi connectivity index (χ4n) is 1.54. The van der Waals surface area contributed by atoms with Crippen LogP contribution in [0.3, 0.4) is 0 Å². The molecule has 0 saturated carbocycles. The molecule has 0 radical (unpaired) electrons. The van der Waals surface area contributed by atoms with E-state index in [4.69, 9.17) is 0 Å². The van der Waals surface area contributed by atoms with E-state index in [1.807, 2.05) is 52.0 Å². The number of aryl methyl sites for hydroxylation is 1. The molecular formula is C13H19NO. The minimum absolute atomic E-state index is 0.118. The molecule has 0 unspecified atom stereocenters. The van der Waals surface area contributed by atoms with Crippen LogP contribution in [0.5, 0.6) is 0 Å². The van der Waals surface area contributed by atoms with Gasteiger partial charge in [0.1, 0.15) is 0 Å². The lowest BCUT2D eigenvalue weighted by atomic mass is 10.0. The molecule has 0 saturated heterocycles. The van der Waals surface area contributed by atoms with Crippen LogP contribution in [0.1, 0.15) is 36.7 Å². The quantitative estimate of drug-likeness (QED) is 0.765. The standard InChI is InChI=1S/C13H19NO/c1-9(2)14-11(4)13(15)12-7-5-10(3)6-8-12/h5-9,11,14H,1-4H3/t11-/m1/s1. The van der Waals surface area contributed by atoms with Crippen molar-refractivity contribution in [2.24, 2.45) is 0 Å².